The van der Waals surface area contributed by atoms with Gasteiger partial charge in [0, 0.05) is 11.9 Å². The van der Waals surface area contributed by atoms with E-state index in [1.807, 2.05) is 0 Å². The molecule has 3 N–H and O–H groups in total. The van der Waals surface area contributed by atoms with E-state index in [0.29, 0.717) is 6.61 Å². The second kappa shape index (κ2) is 11.8. The molecular weight excluding hydrogens is 280 g/mol. The summed E-state index contributed by atoms with van der Waals surface area (Å²) in [7, 11) is 0. The predicted molar refractivity (Wildman–Crippen MR) is 63.8 cm³/mol. The van der Waals surface area contributed by atoms with E-state index in [-0.39, 0.29) is 26.4 Å². The highest BCUT2D eigenvalue weighted by Crippen LogP contribution is 1.96. The number of hydrogen-bond donors (Lipinski definition) is 3. The van der Waals surface area contributed by atoms with Gasteiger partial charge in [0.1, 0.15) is 12.2 Å². The van der Waals surface area contributed by atoms with Gasteiger partial charge in [-0.1, -0.05) is 15.9 Å². The molecule has 0 aliphatic carbocycles. The fourth-order valence-corrected chi connectivity index (χ4v) is 1.36. The van der Waals surface area contributed by atoms with Gasteiger partial charge >= 0.3 is 0 Å². The third-order valence-corrected chi connectivity index (χ3v) is 2.37. The SMILES string of the molecule is OCC(O)COCC(O)COCCCCBr. The van der Waals surface area contributed by atoms with Crippen LogP contribution >= 0.6 is 15.9 Å². The lowest BCUT2D eigenvalue weighted by Gasteiger charge is -2.13. The fraction of sp³-hybridized carbons (Fsp3) is 1.00. The van der Waals surface area contributed by atoms with Crippen LogP contribution < -0.4 is 0 Å². The van der Waals surface area contributed by atoms with Crippen LogP contribution in [0.2, 0.25) is 0 Å². The van der Waals surface area contributed by atoms with E-state index in [4.69, 9.17) is 19.7 Å². The largest absolute Gasteiger partial charge is 0.394 e. The van der Waals surface area contributed by atoms with Crippen molar-refractivity contribution in [3.8, 4) is 0 Å². The zero-order valence-corrected chi connectivity index (χ0v) is 10.9. The van der Waals surface area contributed by atoms with Gasteiger partial charge in [0.15, 0.2) is 0 Å². The standard InChI is InChI=1S/C10H21BrO5/c11-3-1-2-4-15-7-10(14)8-16-6-9(13)5-12/h9-10,12-14H,1-8H2. The van der Waals surface area contributed by atoms with Crippen molar-refractivity contribution in [2.45, 2.75) is 25.0 Å². The van der Waals surface area contributed by atoms with Crippen molar-refractivity contribution < 1.29 is 24.8 Å². The van der Waals surface area contributed by atoms with Crippen LogP contribution in [-0.2, 0) is 9.47 Å². The Balaban J connectivity index is 3.21. The number of alkyl halides is 1. The number of halogens is 1. The minimum atomic E-state index is -0.882. The highest BCUT2D eigenvalue weighted by Gasteiger charge is 2.07. The maximum Gasteiger partial charge on any atom is 0.101 e. The van der Waals surface area contributed by atoms with Gasteiger partial charge in [0.25, 0.3) is 0 Å². The monoisotopic (exact) mass is 300 g/mol. The Morgan fingerprint density at radius 3 is 2.19 bits per heavy atom. The van der Waals surface area contributed by atoms with Gasteiger partial charge in [-0.2, -0.15) is 0 Å². The van der Waals surface area contributed by atoms with Crippen molar-refractivity contribution in [3.05, 3.63) is 0 Å². The van der Waals surface area contributed by atoms with Gasteiger partial charge < -0.3 is 24.8 Å². The van der Waals surface area contributed by atoms with Crippen LogP contribution in [0.1, 0.15) is 12.8 Å². The van der Waals surface area contributed by atoms with Crippen molar-refractivity contribution >= 4 is 15.9 Å². The molecule has 0 aromatic heterocycles. The first kappa shape index (κ1) is 16.3. The second-order valence-corrected chi connectivity index (χ2v) is 4.29. The Labute approximate surface area is 105 Å². The van der Waals surface area contributed by atoms with Crippen LogP contribution in [0.5, 0.6) is 0 Å². The number of rotatable bonds is 11. The Kier molecular flexibility index (Phi) is 12.0. The van der Waals surface area contributed by atoms with Crippen LogP contribution in [0.15, 0.2) is 0 Å². The van der Waals surface area contributed by atoms with E-state index in [9.17, 15) is 5.11 Å². The van der Waals surface area contributed by atoms with Gasteiger partial charge in [-0.3, -0.25) is 0 Å². The number of aliphatic hydroxyl groups is 3. The number of hydrogen-bond acceptors (Lipinski definition) is 5. The van der Waals surface area contributed by atoms with Crippen molar-refractivity contribution in [3.63, 3.8) is 0 Å². The van der Waals surface area contributed by atoms with Crippen LogP contribution in [0, 0.1) is 0 Å². The second-order valence-electron chi connectivity index (χ2n) is 3.50. The van der Waals surface area contributed by atoms with Gasteiger partial charge in [-0.15, -0.1) is 0 Å². The average Bonchev–Trinajstić information content (AvgIpc) is 2.28. The minimum Gasteiger partial charge on any atom is -0.394 e. The Morgan fingerprint density at radius 1 is 0.938 bits per heavy atom. The molecule has 0 fully saturated rings. The van der Waals surface area contributed by atoms with Crippen LogP contribution in [0.25, 0.3) is 0 Å². The molecule has 16 heavy (non-hydrogen) atoms. The van der Waals surface area contributed by atoms with Crippen LogP contribution in [0.4, 0.5) is 0 Å². The fourth-order valence-electron chi connectivity index (χ4n) is 0.959. The molecule has 0 aromatic carbocycles. The smallest absolute Gasteiger partial charge is 0.101 e. The first-order chi connectivity index (χ1) is 7.70. The molecule has 98 valence electrons. The summed E-state index contributed by atoms with van der Waals surface area (Å²) in [6.45, 7) is 0.658. The molecule has 0 heterocycles. The lowest BCUT2D eigenvalue weighted by molar-refractivity contribution is -0.0480. The molecule has 0 rings (SSSR count). The average molecular weight is 301 g/mol. The summed E-state index contributed by atoms with van der Waals surface area (Å²) >= 11 is 3.32. The number of unbranched alkanes of at least 4 members (excludes halogenated alkanes) is 1. The molecule has 2 unspecified atom stereocenters. The maximum atomic E-state index is 9.39. The van der Waals surface area contributed by atoms with Gasteiger partial charge in [-0.05, 0) is 12.8 Å². The molecule has 0 aromatic rings. The summed E-state index contributed by atoms with van der Waals surface area (Å²) in [4.78, 5) is 0. The molecule has 0 amide bonds. The molecule has 0 saturated carbocycles. The van der Waals surface area contributed by atoms with E-state index in [1.54, 1.807) is 0 Å². The Morgan fingerprint density at radius 2 is 1.56 bits per heavy atom. The summed E-state index contributed by atoms with van der Waals surface area (Å²) in [5, 5.41) is 27.8. The molecular formula is C10H21BrO5. The quantitative estimate of drug-likeness (QED) is 0.367. The summed E-state index contributed by atoms with van der Waals surface area (Å²) in [6.07, 6.45) is 0.444. The Hall–Kier alpha value is 0.280. The maximum absolute atomic E-state index is 9.39. The first-order valence-corrected chi connectivity index (χ1v) is 6.51. The minimum absolute atomic E-state index is 0.0249. The molecule has 0 spiro atoms. The van der Waals surface area contributed by atoms with Gasteiger partial charge in [0.2, 0.25) is 0 Å². The zero-order valence-electron chi connectivity index (χ0n) is 9.35. The molecule has 2 atom stereocenters. The molecule has 0 radical (unpaired) electrons. The lowest BCUT2D eigenvalue weighted by atomic mass is 10.3. The number of aliphatic hydroxyl groups excluding tert-OH is 3. The lowest BCUT2D eigenvalue weighted by Crippen LogP contribution is -2.26. The molecule has 5 nitrogen and oxygen atoms in total. The molecule has 0 aliphatic rings. The topological polar surface area (TPSA) is 79.2 Å². The van der Waals surface area contributed by atoms with E-state index >= 15 is 0 Å². The van der Waals surface area contributed by atoms with E-state index in [0.717, 1.165) is 18.2 Å². The predicted octanol–water partition coefficient (Wildman–Crippen LogP) is -0.0912. The summed E-state index contributed by atoms with van der Waals surface area (Å²) in [5.74, 6) is 0. The third kappa shape index (κ3) is 10.8. The molecule has 0 aliphatic heterocycles. The highest BCUT2D eigenvalue weighted by molar-refractivity contribution is 9.09. The summed E-state index contributed by atoms with van der Waals surface area (Å²) in [6, 6.07) is 0. The molecule has 6 heteroatoms. The molecule has 0 saturated heterocycles. The zero-order chi connectivity index (χ0) is 12.2. The van der Waals surface area contributed by atoms with E-state index in [2.05, 4.69) is 15.9 Å². The molecule has 0 bridgehead atoms. The normalized spacial score (nSPS) is 15.0. The van der Waals surface area contributed by atoms with Crippen molar-refractivity contribution in [1.82, 2.24) is 0 Å². The van der Waals surface area contributed by atoms with Crippen molar-refractivity contribution in [2.24, 2.45) is 0 Å². The van der Waals surface area contributed by atoms with Gasteiger partial charge in [0.05, 0.1) is 26.4 Å². The third-order valence-electron chi connectivity index (χ3n) is 1.81. The van der Waals surface area contributed by atoms with Gasteiger partial charge in [-0.25, -0.2) is 0 Å². The van der Waals surface area contributed by atoms with E-state index < -0.39 is 12.2 Å². The summed E-state index contributed by atoms with van der Waals surface area (Å²) in [5.41, 5.74) is 0. The first-order valence-electron chi connectivity index (χ1n) is 5.39. The van der Waals surface area contributed by atoms with Crippen LogP contribution in [-0.4, -0.2) is 65.9 Å². The Bertz CT molecular complexity index is 147. The van der Waals surface area contributed by atoms with Crippen molar-refractivity contribution in [1.29, 1.82) is 0 Å². The van der Waals surface area contributed by atoms with E-state index in [1.165, 1.54) is 0 Å². The van der Waals surface area contributed by atoms with Crippen molar-refractivity contribution in [2.75, 3.05) is 38.4 Å². The summed E-state index contributed by atoms with van der Waals surface area (Å²) < 4.78 is 10.2. The number of ether oxygens (including phenoxy) is 2. The highest BCUT2D eigenvalue weighted by atomic mass is 79.9. The van der Waals surface area contributed by atoms with Crippen LogP contribution in [0.3, 0.4) is 0 Å².